The number of anilines is 1. The second kappa shape index (κ2) is 8.60. The van der Waals surface area contributed by atoms with Crippen LogP contribution in [0.1, 0.15) is 17.2 Å². The maximum Gasteiger partial charge on any atom is 0.241 e. The Bertz CT molecular complexity index is 1480. The van der Waals surface area contributed by atoms with Crippen molar-refractivity contribution in [1.82, 2.24) is 14.7 Å². The van der Waals surface area contributed by atoms with Crippen LogP contribution in [0.4, 0.5) is 10.2 Å². The lowest BCUT2D eigenvalue weighted by molar-refractivity contribution is 0.151. The van der Waals surface area contributed by atoms with Crippen molar-refractivity contribution in [3.8, 4) is 22.4 Å². The molecule has 4 N–H and O–H groups in total. The molecule has 1 aliphatic rings. The summed E-state index contributed by atoms with van der Waals surface area (Å²) in [6, 6.07) is 17.4. The molecule has 9 heteroatoms. The van der Waals surface area contributed by atoms with E-state index in [1.54, 1.807) is 30.3 Å². The number of fused-ring (bicyclic) bond motifs is 1. The Labute approximate surface area is 196 Å². The quantitative estimate of drug-likeness (QED) is 0.406. The van der Waals surface area contributed by atoms with Crippen LogP contribution < -0.4 is 10.5 Å². The van der Waals surface area contributed by atoms with E-state index in [1.807, 2.05) is 18.2 Å². The van der Waals surface area contributed by atoms with Crippen LogP contribution in [0, 0.1) is 5.82 Å². The van der Waals surface area contributed by atoms with Crippen molar-refractivity contribution in [2.45, 2.75) is 23.5 Å². The van der Waals surface area contributed by atoms with Crippen molar-refractivity contribution in [1.29, 1.82) is 0 Å². The Morgan fingerprint density at radius 3 is 2.50 bits per heavy atom. The molecule has 0 spiro atoms. The van der Waals surface area contributed by atoms with E-state index in [-0.39, 0.29) is 16.3 Å². The number of hydrogen-bond acceptors (Lipinski definition) is 6. The number of rotatable bonds is 5. The average Bonchev–Trinajstić information content (AvgIpc) is 3.14. The van der Waals surface area contributed by atoms with Crippen molar-refractivity contribution in [2.75, 3.05) is 5.73 Å². The Hall–Kier alpha value is -3.66. The lowest BCUT2D eigenvalue weighted by Crippen LogP contribution is -2.34. The zero-order valence-corrected chi connectivity index (χ0v) is 18.7. The first-order valence-electron chi connectivity index (χ1n) is 10.6. The molecule has 7 nitrogen and oxygen atoms in total. The van der Waals surface area contributed by atoms with Crippen molar-refractivity contribution < 1.29 is 17.9 Å². The molecule has 0 fully saturated rings. The van der Waals surface area contributed by atoms with Gasteiger partial charge in [0.15, 0.2) is 0 Å². The maximum absolute atomic E-state index is 15.0. The van der Waals surface area contributed by atoms with Crippen LogP contribution in [-0.4, -0.2) is 29.6 Å². The summed E-state index contributed by atoms with van der Waals surface area (Å²) in [5.41, 5.74) is 8.46. The lowest BCUT2D eigenvalue weighted by Gasteiger charge is -2.19. The number of aliphatic hydroxyl groups excluding tert-OH is 1. The highest BCUT2D eigenvalue weighted by Gasteiger charge is 2.35. The largest absolute Gasteiger partial charge is 0.391 e. The minimum atomic E-state index is -4.05. The van der Waals surface area contributed by atoms with Gasteiger partial charge in [0.2, 0.25) is 10.0 Å². The molecule has 0 saturated carbocycles. The number of nitrogens with zero attached hydrogens (tertiary/aromatic N) is 2. The molecule has 1 heterocycles. The summed E-state index contributed by atoms with van der Waals surface area (Å²) >= 11 is 0. The molecule has 34 heavy (non-hydrogen) atoms. The van der Waals surface area contributed by atoms with E-state index in [0.717, 1.165) is 11.1 Å². The number of aromatic nitrogens is 2. The predicted molar refractivity (Wildman–Crippen MR) is 126 cm³/mol. The number of hydrogen-bond donors (Lipinski definition) is 3. The number of halogens is 1. The monoisotopic (exact) mass is 476 g/mol. The molecule has 0 radical (unpaired) electrons. The smallest absolute Gasteiger partial charge is 0.241 e. The van der Waals surface area contributed by atoms with E-state index in [1.165, 1.54) is 30.6 Å². The predicted octanol–water partition coefficient (Wildman–Crippen LogP) is 3.47. The van der Waals surface area contributed by atoms with Crippen LogP contribution in [0.5, 0.6) is 0 Å². The fourth-order valence-corrected chi connectivity index (χ4v) is 5.73. The highest BCUT2D eigenvalue weighted by atomic mass is 32.2. The molecule has 1 aromatic heterocycles. The van der Waals surface area contributed by atoms with Gasteiger partial charge in [0.05, 0.1) is 35.1 Å². The van der Waals surface area contributed by atoms with E-state index in [0.29, 0.717) is 23.2 Å². The molecular formula is C25H21FN4O3S. The van der Waals surface area contributed by atoms with Crippen molar-refractivity contribution in [3.63, 3.8) is 0 Å². The average molecular weight is 477 g/mol. The minimum Gasteiger partial charge on any atom is -0.391 e. The first-order chi connectivity index (χ1) is 16.3. The van der Waals surface area contributed by atoms with E-state index in [4.69, 9.17) is 5.73 Å². The SMILES string of the molecule is Nc1cnc(-c2ccc(-c3ccccc3S(=O)(=O)NC3c4ccccc4C[C@H]3O)cc2F)cn1. The minimum absolute atomic E-state index is 0.00833. The number of nitrogens with two attached hydrogens (primary N) is 1. The van der Waals surface area contributed by atoms with Gasteiger partial charge in [0.25, 0.3) is 0 Å². The normalized spacial score (nSPS) is 17.5. The number of benzene rings is 3. The number of nitrogens with one attached hydrogen (secondary N) is 1. The molecule has 3 aromatic carbocycles. The Morgan fingerprint density at radius 2 is 1.74 bits per heavy atom. The molecule has 1 unspecified atom stereocenters. The lowest BCUT2D eigenvalue weighted by atomic mass is 10.0. The third-order valence-corrected chi connectivity index (χ3v) is 7.39. The summed E-state index contributed by atoms with van der Waals surface area (Å²) in [5.74, 6) is -0.348. The molecule has 0 amide bonds. The second-order valence-electron chi connectivity index (χ2n) is 8.09. The van der Waals surface area contributed by atoms with Gasteiger partial charge in [-0.05, 0) is 34.9 Å². The molecule has 5 rings (SSSR count). The Kier molecular flexibility index (Phi) is 5.60. The molecule has 2 atom stereocenters. The third-order valence-electron chi connectivity index (χ3n) is 5.89. The summed E-state index contributed by atoms with van der Waals surface area (Å²) in [6.45, 7) is 0. The van der Waals surface area contributed by atoms with Gasteiger partial charge in [-0.15, -0.1) is 0 Å². The molecule has 0 aliphatic heterocycles. The van der Waals surface area contributed by atoms with E-state index < -0.39 is 28.0 Å². The van der Waals surface area contributed by atoms with Crippen LogP contribution in [0.25, 0.3) is 22.4 Å². The zero-order valence-electron chi connectivity index (χ0n) is 17.9. The summed E-state index contributed by atoms with van der Waals surface area (Å²) < 4.78 is 44.4. The molecule has 172 valence electrons. The van der Waals surface area contributed by atoms with E-state index in [9.17, 15) is 17.9 Å². The van der Waals surface area contributed by atoms with Crippen molar-refractivity contribution in [3.05, 3.63) is 96.1 Å². The van der Waals surface area contributed by atoms with Crippen molar-refractivity contribution >= 4 is 15.8 Å². The van der Waals surface area contributed by atoms with Crippen LogP contribution >= 0.6 is 0 Å². The summed E-state index contributed by atoms with van der Waals surface area (Å²) in [7, 11) is -4.05. The van der Waals surface area contributed by atoms with Gasteiger partial charge < -0.3 is 10.8 Å². The summed E-state index contributed by atoms with van der Waals surface area (Å²) in [4.78, 5) is 8.02. The number of nitrogen functional groups attached to an aromatic ring is 1. The fourth-order valence-electron chi connectivity index (χ4n) is 4.25. The summed E-state index contributed by atoms with van der Waals surface area (Å²) in [5, 5.41) is 10.5. The first kappa shape index (κ1) is 22.1. The highest BCUT2D eigenvalue weighted by molar-refractivity contribution is 7.89. The van der Waals surface area contributed by atoms with Gasteiger partial charge in [0, 0.05) is 17.5 Å². The highest BCUT2D eigenvalue weighted by Crippen LogP contribution is 2.35. The second-order valence-corrected chi connectivity index (χ2v) is 9.77. The van der Waals surface area contributed by atoms with Gasteiger partial charge in [-0.25, -0.2) is 22.5 Å². The van der Waals surface area contributed by atoms with Crippen LogP contribution in [0.15, 0.2) is 84.0 Å². The molecule has 4 aromatic rings. The van der Waals surface area contributed by atoms with E-state index >= 15 is 0 Å². The van der Waals surface area contributed by atoms with Crippen molar-refractivity contribution in [2.24, 2.45) is 0 Å². The third kappa shape index (κ3) is 4.05. The molecule has 0 bridgehead atoms. The van der Waals surface area contributed by atoms with Gasteiger partial charge >= 0.3 is 0 Å². The first-order valence-corrected chi connectivity index (χ1v) is 12.1. The van der Waals surface area contributed by atoms with Gasteiger partial charge in [0.1, 0.15) is 11.6 Å². The molecule has 0 saturated heterocycles. The number of aliphatic hydroxyl groups is 1. The molecular weight excluding hydrogens is 455 g/mol. The molecule has 1 aliphatic carbocycles. The fraction of sp³-hybridized carbons (Fsp3) is 0.120. The Balaban J connectivity index is 1.50. The number of sulfonamides is 1. The van der Waals surface area contributed by atoms with Crippen LogP contribution in [0.2, 0.25) is 0 Å². The maximum atomic E-state index is 15.0. The Morgan fingerprint density at radius 1 is 0.971 bits per heavy atom. The zero-order chi connectivity index (χ0) is 23.9. The van der Waals surface area contributed by atoms with Gasteiger partial charge in [-0.2, -0.15) is 0 Å². The van der Waals surface area contributed by atoms with E-state index in [2.05, 4.69) is 14.7 Å². The summed E-state index contributed by atoms with van der Waals surface area (Å²) in [6.07, 6.45) is 2.20. The topological polar surface area (TPSA) is 118 Å². The standard InChI is InChI=1S/C25H21FN4O3S/c26-20-11-16(9-10-19(20)21-13-29-24(27)14-28-21)17-6-3-4-8-23(17)34(32,33)30-25-18-7-2-1-5-15(18)12-22(25)31/h1-11,13-14,22,25,30-31H,12H2,(H2,27,29)/t22-,25?/m1/s1. The van der Waals surface area contributed by atoms with Crippen LogP contribution in [-0.2, 0) is 16.4 Å². The van der Waals surface area contributed by atoms with Gasteiger partial charge in [-0.1, -0.05) is 48.5 Å². The van der Waals surface area contributed by atoms with Gasteiger partial charge in [-0.3, -0.25) is 4.98 Å². The van der Waals surface area contributed by atoms with Crippen LogP contribution in [0.3, 0.4) is 0 Å².